The van der Waals surface area contributed by atoms with Gasteiger partial charge >= 0.3 is 7.12 Å². The molecule has 1 rings (SSSR count). The maximum absolute atomic E-state index is 12.0. The highest BCUT2D eigenvalue weighted by atomic mass is 35.5. The Labute approximate surface area is 147 Å². The zero-order valence-electron chi connectivity index (χ0n) is 14.0. The van der Waals surface area contributed by atoms with Crippen molar-refractivity contribution in [2.45, 2.75) is 26.2 Å². The van der Waals surface area contributed by atoms with Crippen LogP contribution in [0.3, 0.4) is 0 Å². The van der Waals surface area contributed by atoms with E-state index in [-0.39, 0.29) is 13.0 Å². The first kappa shape index (κ1) is 20.2. The number of rotatable bonds is 7. The highest BCUT2D eigenvalue weighted by Crippen LogP contribution is 2.13. The minimum atomic E-state index is -1.71. The van der Waals surface area contributed by atoms with Gasteiger partial charge in [0.2, 0.25) is 11.8 Å². The van der Waals surface area contributed by atoms with Gasteiger partial charge in [-0.05, 0) is 31.4 Å². The predicted molar refractivity (Wildman–Crippen MR) is 94.4 cm³/mol. The van der Waals surface area contributed by atoms with Crippen molar-refractivity contribution in [3.63, 3.8) is 0 Å². The molecular formula is C16H22BClN2O4. The normalized spacial score (nSPS) is 12.1. The fourth-order valence-electron chi connectivity index (χ4n) is 2.27. The first-order chi connectivity index (χ1) is 11.2. The van der Waals surface area contributed by atoms with Crippen molar-refractivity contribution in [2.75, 3.05) is 13.6 Å². The number of nitrogens with one attached hydrogen (secondary N) is 1. The summed E-state index contributed by atoms with van der Waals surface area (Å²) in [5, 5.41) is 21.6. The van der Waals surface area contributed by atoms with Gasteiger partial charge in [0.25, 0.3) is 0 Å². The van der Waals surface area contributed by atoms with Gasteiger partial charge in [-0.1, -0.05) is 35.4 Å². The van der Waals surface area contributed by atoms with E-state index in [1.165, 1.54) is 11.9 Å². The van der Waals surface area contributed by atoms with E-state index < -0.39 is 24.9 Å². The van der Waals surface area contributed by atoms with Crippen LogP contribution in [0.25, 0.3) is 0 Å². The number of carbonyl (C=O) groups excluding carboxylic acids is 2. The molecule has 0 aliphatic rings. The van der Waals surface area contributed by atoms with E-state index in [1.807, 2.05) is 32.0 Å². The van der Waals surface area contributed by atoms with E-state index in [9.17, 15) is 19.6 Å². The molecule has 0 bridgehead atoms. The Balaban J connectivity index is 2.72. The number of nitrogens with zero attached hydrogens (tertiary/aromatic N) is 1. The Hall–Kier alpha value is -1.83. The number of aryl methyl sites for hydroxylation is 2. The van der Waals surface area contributed by atoms with Crippen LogP contribution in [0, 0.1) is 13.8 Å². The second-order valence-electron chi connectivity index (χ2n) is 5.71. The molecule has 1 atom stereocenters. The summed E-state index contributed by atoms with van der Waals surface area (Å²) in [4.78, 5) is 24.7. The van der Waals surface area contributed by atoms with Gasteiger partial charge in [-0.2, -0.15) is 0 Å². The Morgan fingerprint density at radius 3 is 2.58 bits per heavy atom. The highest BCUT2D eigenvalue weighted by molar-refractivity contribution is 6.43. The van der Waals surface area contributed by atoms with Gasteiger partial charge in [0.15, 0.2) is 0 Å². The van der Waals surface area contributed by atoms with E-state index in [0.29, 0.717) is 0 Å². The molecule has 0 fully saturated rings. The van der Waals surface area contributed by atoms with Crippen LogP contribution < -0.4 is 5.32 Å². The number of hydrogen-bond acceptors (Lipinski definition) is 4. The smallest absolute Gasteiger partial charge is 0.426 e. The molecule has 8 heteroatoms. The average Bonchev–Trinajstić information content (AvgIpc) is 2.49. The van der Waals surface area contributed by atoms with Gasteiger partial charge in [-0.15, -0.1) is 0 Å². The van der Waals surface area contributed by atoms with Crippen molar-refractivity contribution in [1.82, 2.24) is 10.2 Å². The SMILES string of the molecule is Cc1ccc(C[C@H](NC(=O)CN(C)C(=O)C=CCl)B(O)O)c(C)c1. The Bertz CT molecular complexity index is 622. The largest absolute Gasteiger partial charge is 0.475 e. The maximum Gasteiger partial charge on any atom is 0.475 e. The molecule has 0 heterocycles. The molecule has 0 saturated heterocycles. The van der Waals surface area contributed by atoms with E-state index in [0.717, 1.165) is 28.3 Å². The number of likely N-dealkylation sites (N-methyl/N-ethyl adjacent to an activating group) is 1. The van der Waals surface area contributed by atoms with Gasteiger partial charge in [-0.25, -0.2) is 0 Å². The summed E-state index contributed by atoms with van der Waals surface area (Å²) in [6.07, 6.45) is 1.40. The second kappa shape index (κ2) is 9.47. The molecule has 3 N–H and O–H groups in total. The predicted octanol–water partition coefficient (Wildman–Crippen LogP) is 0.554. The first-order valence-electron chi connectivity index (χ1n) is 7.48. The molecule has 0 unspecified atom stereocenters. The fourth-order valence-corrected chi connectivity index (χ4v) is 2.38. The molecule has 24 heavy (non-hydrogen) atoms. The molecule has 0 aliphatic heterocycles. The van der Waals surface area contributed by atoms with Gasteiger partial charge in [0, 0.05) is 18.7 Å². The summed E-state index contributed by atoms with van der Waals surface area (Å²) in [6.45, 7) is 3.69. The molecule has 2 amide bonds. The quantitative estimate of drug-likeness (QED) is 0.494. The molecular weight excluding hydrogens is 330 g/mol. The summed E-state index contributed by atoms with van der Waals surface area (Å²) < 4.78 is 0. The molecule has 1 aromatic rings. The van der Waals surface area contributed by atoms with Crippen LogP contribution in [-0.4, -0.2) is 53.4 Å². The topological polar surface area (TPSA) is 89.9 Å². The van der Waals surface area contributed by atoms with Gasteiger partial charge in [-0.3, -0.25) is 9.59 Å². The molecule has 0 aromatic heterocycles. The van der Waals surface area contributed by atoms with Crippen molar-refractivity contribution in [3.8, 4) is 0 Å². The van der Waals surface area contributed by atoms with Crippen molar-refractivity contribution in [1.29, 1.82) is 0 Å². The Kier molecular flexibility index (Phi) is 7.97. The van der Waals surface area contributed by atoms with E-state index in [1.54, 1.807) is 0 Å². The molecule has 0 aliphatic carbocycles. The second-order valence-corrected chi connectivity index (χ2v) is 5.96. The van der Waals surface area contributed by atoms with Crippen molar-refractivity contribution in [2.24, 2.45) is 0 Å². The van der Waals surface area contributed by atoms with Gasteiger partial charge in [0.1, 0.15) is 0 Å². The molecule has 0 spiro atoms. The lowest BCUT2D eigenvalue weighted by Crippen LogP contribution is -2.50. The molecule has 1 aromatic carbocycles. The minimum absolute atomic E-state index is 0.212. The summed E-state index contributed by atoms with van der Waals surface area (Å²) in [5.74, 6) is -1.78. The van der Waals surface area contributed by atoms with Crippen LogP contribution in [0.1, 0.15) is 16.7 Å². The molecule has 130 valence electrons. The molecule has 0 saturated carbocycles. The lowest BCUT2D eigenvalue weighted by Gasteiger charge is -2.21. The minimum Gasteiger partial charge on any atom is -0.426 e. The fraction of sp³-hybridized carbons (Fsp3) is 0.375. The van der Waals surface area contributed by atoms with Crippen LogP contribution in [-0.2, 0) is 16.0 Å². The van der Waals surface area contributed by atoms with E-state index in [4.69, 9.17) is 11.6 Å². The van der Waals surface area contributed by atoms with Crippen LogP contribution >= 0.6 is 11.6 Å². The number of hydrogen-bond donors (Lipinski definition) is 3. The zero-order valence-corrected chi connectivity index (χ0v) is 14.7. The van der Waals surface area contributed by atoms with Gasteiger partial charge in [0.05, 0.1) is 12.5 Å². The van der Waals surface area contributed by atoms with E-state index in [2.05, 4.69) is 5.32 Å². The summed E-state index contributed by atoms with van der Waals surface area (Å²) in [7, 11) is -0.258. The molecule has 0 radical (unpaired) electrons. The monoisotopic (exact) mass is 352 g/mol. The summed E-state index contributed by atoms with van der Waals surface area (Å²) >= 11 is 5.32. The van der Waals surface area contributed by atoms with E-state index >= 15 is 0 Å². The highest BCUT2D eigenvalue weighted by Gasteiger charge is 2.26. The van der Waals surface area contributed by atoms with Crippen LogP contribution in [0.15, 0.2) is 29.8 Å². The Morgan fingerprint density at radius 1 is 1.38 bits per heavy atom. The van der Waals surface area contributed by atoms with Gasteiger partial charge < -0.3 is 20.3 Å². The third-order valence-corrected chi connectivity index (χ3v) is 3.73. The number of carbonyl (C=O) groups is 2. The zero-order chi connectivity index (χ0) is 18.3. The number of benzene rings is 1. The van der Waals surface area contributed by atoms with Crippen LogP contribution in [0.4, 0.5) is 0 Å². The Morgan fingerprint density at radius 2 is 2.04 bits per heavy atom. The lowest BCUT2D eigenvalue weighted by atomic mass is 9.75. The number of halogens is 1. The lowest BCUT2D eigenvalue weighted by molar-refractivity contribution is -0.131. The average molecular weight is 353 g/mol. The summed E-state index contributed by atoms with van der Waals surface area (Å²) in [5.41, 5.74) is 4.09. The van der Waals surface area contributed by atoms with Crippen LogP contribution in [0.2, 0.25) is 0 Å². The van der Waals surface area contributed by atoms with Crippen molar-refractivity contribution >= 4 is 30.5 Å². The molecule has 6 nitrogen and oxygen atoms in total. The van der Waals surface area contributed by atoms with Crippen molar-refractivity contribution in [3.05, 3.63) is 46.5 Å². The number of amides is 2. The van der Waals surface area contributed by atoms with Crippen LogP contribution in [0.5, 0.6) is 0 Å². The standard InChI is InChI=1S/C16H22BClN2O4/c1-11-4-5-13(12(2)8-11)9-14(17(23)24)19-15(21)10-20(3)16(22)6-7-18/h4-8,14,23-24H,9-10H2,1-3H3,(H,19,21)/t14-/m0/s1. The first-order valence-corrected chi connectivity index (χ1v) is 7.91. The maximum atomic E-state index is 12.0. The van der Waals surface area contributed by atoms with Crippen molar-refractivity contribution < 1.29 is 19.6 Å². The summed E-state index contributed by atoms with van der Waals surface area (Å²) in [6, 6.07) is 5.81. The third kappa shape index (κ3) is 6.35. The third-order valence-electron chi connectivity index (χ3n) is 3.61.